The Morgan fingerprint density at radius 3 is 0.769 bits per heavy atom. The fourth-order valence-corrected chi connectivity index (χ4v) is 15.6. The molecular formula is C93H53N11. The molecule has 0 spiro atoms. The van der Waals surface area contributed by atoms with Crippen LogP contribution in [0.5, 0.6) is 0 Å². The zero-order chi connectivity index (χ0) is 68.3. The summed E-state index contributed by atoms with van der Waals surface area (Å²) in [6.07, 6.45) is 10.7. The Balaban J connectivity index is 0.0000000896. The average molecular weight is 1320 g/mol. The molecule has 0 amide bonds. The number of benzene rings is 16. The van der Waals surface area contributed by atoms with Gasteiger partial charge in [-0.25, -0.2) is 34.9 Å². The topological polar surface area (TPSA) is 142 Å². The lowest BCUT2D eigenvalue weighted by Crippen LogP contribution is -1.95. The number of nitrogens with zero attached hydrogens (tertiary/aromatic N) is 11. The molecule has 0 aliphatic carbocycles. The van der Waals surface area contributed by atoms with Gasteiger partial charge in [0, 0.05) is 102 Å². The minimum Gasteiger partial charge on any atom is -0.256 e. The summed E-state index contributed by atoms with van der Waals surface area (Å²) in [4.78, 5) is 51.9. The Hall–Kier alpha value is -14.3. The number of fused-ring (bicyclic) bond motifs is 32. The van der Waals surface area contributed by atoms with E-state index in [1.54, 1.807) is 12.4 Å². The predicted octanol–water partition coefficient (Wildman–Crippen LogP) is 23.2. The van der Waals surface area contributed by atoms with Crippen LogP contribution in [0.4, 0.5) is 0 Å². The molecule has 11 heteroatoms. The molecule has 0 aliphatic rings. The predicted molar refractivity (Wildman–Crippen MR) is 432 cm³/mol. The molecule has 0 saturated heterocycles. The van der Waals surface area contributed by atoms with Crippen LogP contribution in [-0.4, -0.2) is 54.8 Å². The van der Waals surface area contributed by atoms with Gasteiger partial charge in [0.05, 0.1) is 55.2 Å². The highest BCUT2D eigenvalue weighted by atomic mass is 15.0. The number of hydrogen-bond acceptors (Lipinski definition) is 11. The number of aromatic nitrogens is 11. The summed E-state index contributed by atoms with van der Waals surface area (Å²) in [5, 5.41) is 30.8. The quantitative estimate of drug-likeness (QED) is 0.106. The summed E-state index contributed by atoms with van der Waals surface area (Å²) in [5.74, 6) is 0. The van der Waals surface area contributed by atoms with Gasteiger partial charge in [0.25, 0.3) is 0 Å². The smallest absolute Gasteiger partial charge is 0.198 e. The van der Waals surface area contributed by atoms with E-state index in [-0.39, 0.29) is 0 Å². The van der Waals surface area contributed by atoms with Crippen LogP contribution in [0.25, 0.3) is 218 Å². The molecule has 11 nitrogen and oxygen atoms in total. The lowest BCUT2D eigenvalue weighted by molar-refractivity contribution is 1.20. The second kappa shape index (κ2) is 23.7. The summed E-state index contributed by atoms with van der Waals surface area (Å²) in [6, 6.07) is 99.9. The molecule has 0 radical (unpaired) electrons. The summed E-state index contributed by atoms with van der Waals surface area (Å²) in [5.41, 5.74) is 12.5. The zero-order valence-corrected chi connectivity index (χ0v) is 55.5. The maximum absolute atomic E-state index is 5.00. The normalized spacial score (nSPS) is 11.8. The van der Waals surface area contributed by atoms with E-state index in [0.29, 0.717) is 11.3 Å². The first-order chi connectivity index (χ1) is 51.5. The van der Waals surface area contributed by atoms with Gasteiger partial charge in [0.1, 0.15) is 11.0 Å². The third-order valence-corrected chi connectivity index (χ3v) is 20.4. The third-order valence-electron chi connectivity index (χ3n) is 20.4. The van der Waals surface area contributed by atoms with Gasteiger partial charge >= 0.3 is 0 Å². The minimum atomic E-state index is 0.547. The van der Waals surface area contributed by atoms with Gasteiger partial charge in [0.15, 0.2) is 11.3 Å². The van der Waals surface area contributed by atoms with Crippen molar-refractivity contribution in [3.8, 4) is 0 Å². The van der Waals surface area contributed by atoms with Gasteiger partial charge in [-0.05, 0) is 203 Å². The molecule has 0 bridgehead atoms. The van der Waals surface area contributed by atoms with Crippen LogP contribution in [0.2, 0.25) is 0 Å². The van der Waals surface area contributed by atoms with Crippen LogP contribution in [0.15, 0.2) is 322 Å². The second-order valence-corrected chi connectivity index (χ2v) is 26.4. The maximum Gasteiger partial charge on any atom is 0.198 e. The number of rotatable bonds is 0. The Labute approximate surface area is 591 Å². The number of para-hydroxylation sites is 3. The highest BCUT2D eigenvalue weighted by Crippen LogP contribution is 2.42. The van der Waals surface area contributed by atoms with Crippen LogP contribution in [-0.2, 0) is 0 Å². The molecule has 104 heavy (non-hydrogen) atoms. The lowest BCUT2D eigenvalue weighted by Gasteiger charge is -2.12. The molecule has 24 rings (SSSR count). The van der Waals surface area contributed by atoms with Crippen LogP contribution in [0.3, 0.4) is 0 Å². The van der Waals surface area contributed by atoms with Crippen LogP contribution in [0.1, 0.15) is 0 Å². The number of pyridine rings is 5. The highest BCUT2D eigenvalue weighted by molar-refractivity contribution is 6.30. The largest absolute Gasteiger partial charge is 0.256 e. The molecule has 24 aromatic rings. The van der Waals surface area contributed by atoms with Gasteiger partial charge in [0.2, 0.25) is 0 Å². The third kappa shape index (κ3) is 9.63. The monoisotopic (exact) mass is 1320 g/mol. The van der Waals surface area contributed by atoms with Crippen molar-refractivity contribution in [2.45, 2.75) is 0 Å². The summed E-state index contributed by atoms with van der Waals surface area (Å²) >= 11 is 0. The molecular weight excluding hydrogens is 1270 g/mol. The highest BCUT2D eigenvalue weighted by Gasteiger charge is 2.19. The fourth-order valence-electron chi connectivity index (χ4n) is 15.6. The van der Waals surface area contributed by atoms with Crippen molar-refractivity contribution in [3.05, 3.63) is 322 Å². The summed E-state index contributed by atoms with van der Waals surface area (Å²) < 4.78 is 0. The Morgan fingerprint density at radius 1 is 0.135 bits per heavy atom. The second-order valence-electron chi connectivity index (χ2n) is 26.4. The summed E-state index contributed by atoms with van der Waals surface area (Å²) in [7, 11) is 0. The van der Waals surface area contributed by atoms with E-state index < -0.39 is 0 Å². The van der Waals surface area contributed by atoms with Crippen molar-refractivity contribution in [2.75, 3.05) is 0 Å². The minimum absolute atomic E-state index is 0.547. The molecule has 480 valence electrons. The maximum atomic E-state index is 5.00. The zero-order valence-electron chi connectivity index (χ0n) is 55.5. The molecule has 0 saturated carbocycles. The SMILES string of the molecule is c1ccc2cc3c(cc2c1)c1cc2ccccc2cc1c1ncccc31.c1ccc2cc3c(cc2c1)c1cc2ccccc2nc1c1cccnc31.c1ccc2cc3c(cc2c1)c1ncccc1c1nc2ccccc2nc31.c1ccc2cc3c(cc2c1)c1ncccc1c1nc2nccnc2nc31. The van der Waals surface area contributed by atoms with E-state index in [2.05, 4.69) is 232 Å². The molecule has 0 unspecified atom stereocenters. The van der Waals surface area contributed by atoms with Crippen molar-refractivity contribution < 1.29 is 0 Å². The van der Waals surface area contributed by atoms with Crippen molar-refractivity contribution >= 4 is 218 Å². The molecule has 16 aromatic carbocycles. The van der Waals surface area contributed by atoms with Gasteiger partial charge in [-0.2, -0.15) is 0 Å². The first kappa shape index (κ1) is 58.7. The molecule has 8 heterocycles. The van der Waals surface area contributed by atoms with E-state index >= 15 is 0 Å². The van der Waals surface area contributed by atoms with E-state index in [9.17, 15) is 0 Å². The average Bonchev–Trinajstić information content (AvgIpc) is 0.750. The van der Waals surface area contributed by atoms with Crippen LogP contribution in [0, 0.1) is 0 Å². The van der Waals surface area contributed by atoms with Gasteiger partial charge < -0.3 is 0 Å². The molecule has 0 N–H and O–H groups in total. The molecule has 0 atom stereocenters. The van der Waals surface area contributed by atoms with Crippen LogP contribution >= 0.6 is 0 Å². The Kier molecular flexibility index (Phi) is 13.4. The lowest BCUT2D eigenvalue weighted by atomic mass is 9.93. The Bertz CT molecular complexity index is 6400. The van der Waals surface area contributed by atoms with Crippen molar-refractivity contribution in [2.24, 2.45) is 0 Å². The number of hydrogen-bond donors (Lipinski definition) is 0. The van der Waals surface area contributed by atoms with Gasteiger partial charge in [-0.15, -0.1) is 0 Å². The Morgan fingerprint density at radius 2 is 0.365 bits per heavy atom. The van der Waals surface area contributed by atoms with E-state index in [4.69, 9.17) is 34.9 Å². The van der Waals surface area contributed by atoms with E-state index in [1.165, 1.54) is 91.6 Å². The molecule has 8 aromatic heterocycles. The van der Waals surface area contributed by atoms with Gasteiger partial charge in [-0.1, -0.05) is 158 Å². The standard InChI is InChI=1S/C25H15N.C24H14N2.C23H13N3.C21H11N5/c1-2-7-17-13-22-21(12-16(17)6-1)20-10-5-11-26-25(20)24-15-19-9-4-3-8-18(19)14-23(22)24;1-2-7-16-13-20-19(12-15(16)6-1)21-14-17-8-3-4-10-22(17)26-24(21)18-9-5-11-25-23(18)20;1-2-7-15-13-18-17(12-14(15)6-1)21-16(8-5-11-24-21)22-23(18)26-20-10-4-3-9-19(20)25-22;1-2-5-13-11-16-15(10-12(13)4-1)17-14(6-3-7-22-17)18-19(16)26-21-20(25-18)23-8-9-24-21/h1-15H;1-14H;1-13H;1-11H. The van der Waals surface area contributed by atoms with Gasteiger partial charge in [-0.3, -0.25) is 19.9 Å². The van der Waals surface area contributed by atoms with E-state index in [0.717, 1.165) is 115 Å². The first-order valence-corrected chi connectivity index (χ1v) is 34.7. The molecule has 0 fully saturated rings. The van der Waals surface area contributed by atoms with Crippen molar-refractivity contribution in [1.29, 1.82) is 0 Å². The van der Waals surface area contributed by atoms with Crippen LogP contribution < -0.4 is 0 Å². The summed E-state index contributed by atoms with van der Waals surface area (Å²) in [6.45, 7) is 0. The van der Waals surface area contributed by atoms with Crippen molar-refractivity contribution in [1.82, 2.24) is 54.8 Å². The first-order valence-electron chi connectivity index (χ1n) is 34.7. The van der Waals surface area contributed by atoms with E-state index in [1.807, 2.05) is 97.6 Å². The van der Waals surface area contributed by atoms with Crippen molar-refractivity contribution in [3.63, 3.8) is 0 Å². The fraction of sp³-hybridized carbons (Fsp3) is 0. The molecule has 0 aliphatic heterocycles.